The van der Waals surface area contributed by atoms with Crippen LogP contribution in [0.25, 0.3) is 22.2 Å². The van der Waals surface area contributed by atoms with E-state index in [-0.39, 0.29) is 46.3 Å². The van der Waals surface area contributed by atoms with Gasteiger partial charge in [-0.15, -0.1) is 0 Å². The van der Waals surface area contributed by atoms with Crippen LogP contribution < -0.4 is 25.4 Å². The van der Waals surface area contributed by atoms with Gasteiger partial charge in [-0.25, -0.2) is 19.7 Å². The second-order valence-corrected chi connectivity index (χ2v) is 11.1. The molecule has 0 bridgehead atoms. The standard InChI is InChI=1S/C29H33Cl2N7O5/c1-5-18(39)8-16-12-38(29(40)32-2)13-20(16)36-28-33-11-15-9-19(23-24(30)21(41-3)10-22(42-4)25(23)31)35-27(26(15)37-28)34-17-6-7-43-14-17/h5,9-11,16-17,20H,1,6-8,12-14H2,2-4H3,(H,32,40)(H,34,35)(H,33,36,37)/t16-,17?,20+/m0/s1. The van der Waals surface area contributed by atoms with Gasteiger partial charge in [0.25, 0.3) is 0 Å². The minimum atomic E-state index is -0.257. The zero-order chi connectivity index (χ0) is 30.7. The molecule has 228 valence electrons. The molecule has 3 atom stereocenters. The molecular formula is C29H33Cl2N7O5. The number of hydrogen-bond donors (Lipinski definition) is 3. The molecule has 2 fully saturated rings. The van der Waals surface area contributed by atoms with Gasteiger partial charge in [0.1, 0.15) is 17.0 Å². The molecule has 2 saturated heterocycles. The summed E-state index contributed by atoms with van der Waals surface area (Å²) in [6.45, 7) is 5.54. The van der Waals surface area contributed by atoms with Crippen molar-refractivity contribution >= 4 is 57.7 Å². The number of nitrogens with zero attached hydrogens (tertiary/aromatic N) is 4. The first-order valence-electron chi connectivity index (χ1n) is 13.8. The van der Waals surface area contributed by atoms with Crippen LogP contribution in [0.4, 0.5) is 16.6 Å². The summed E-state index contributed by atoms with van der Waals surface area (Å²) in [6, 6.07) is 2.97. The summed E-state index contributed by atoms with van der Waals surface area (Å²) in [5, 5.41) is 10.7. The summed E-state index contributed by atoms with van der Waals surface area (Å²) < 4.78 is 16.5. The highest BCUT2D eigenvalue weighted by Crippen LogP contribution is 2.46. The highest BCUT2D eigenvalue weighted by atomic mass is 35.5. The van der Waals surface area contributed by atoms with E-state index in [9.17, 15) is 9.59 Å². The molecule has 2 aliphatic rings. The number of benzene rings is 1. The van der Waals surface area contributed by atoms with E-state index in [4.69, 9.17) is 47.4 Å². The summed E-state index contributed by atoms with van der Waals surface area (Å²) in [4.78, 5) is 40.5. The highest BCUT2D eigenvalue weighted by Gasteiger charge is 2.36. The Labute approximate surface area is 259 Å². The number of urea groups is 1. The van der Waals surface area contributed by atoms with Crippen molar-refractivity contribution in [2.75, 3.05) is 58.2 Å². The smallest absolute Gasteiger partial charge is 0.317 e. The number of ketones is 1. The van der Waals surface area contributed by atoms with Gasteiger partial charge in [0, 0.05) is 62.3 Å². The number of aromatic nitrogens is 3. The Morgan fingerprint density at radius 1 is 1.14 bits per heavy atom. The number of fused-ring (bicyclic) bond motifs is 1. The number of amides is 2. The molecule has 12 nitrogen and oxygen atoms in total. The molecule has 0 radical (unpaired) electrons. The van der Waals surface area contributed by atoms with Gasteiger partial charge in [0.15, 0.2) is 11.6 Å². The molecule has 2 aliphatic heterocycles. The van der Waals surface area contributed by atoms with Crippen molar-refractivity contribution in [2.24, 2.45) is 5.92 Å². The average molecular weight is 631 g/mol. The van der Waals surface area contributed by atoms with E-state index in [1.54, 1.807) is 30.3 Å². The third-order valence-corrected chi connectivity index (χ3v) is 8.36. The van der Waals surface area contributed by atoms with Crippen LogP contribution in [-0.4, -0.2) is 91.3 Å². The molecule has 3 aromatic rings. The topological polar surface area (TPSA) is 140 Å². The van der Waals surface area contributed by atoms with Gasteiger partial charge in [0.2, 0.25) is 5.95 Å². The van der Waals surface area contributed by atoms with Crippen LogP contribution in [0.1, 0.15) is 12.8 Å². The number of pyridine rings is 1. The third kappa shape index (κ3) is 6.41. The summed E-state index contributed by atoms with van der Waals surface area (Å²) in [5.74, 6) is 1.37. The van der Waals surface area contributed by atoms with Crippen LogP contribution in [0.15, 0.2) is 31.0 Å². The van der Waals surface area contributed by atoms with Crippen LogP contribution in [0.3, 0.4) is 0 Å². The Bertz CT molecular complexity index is 1520. The monoisotopic (exact) mass is 629 g/mol. The van der Waals surface area contributed by atoms with Crippen LogP contribution in [-0.2, 0) is 9.53 Å². The quantitative estimate of drug-likeness (QED) is 0.276. The van der Waals surface area contributed by atoms with Crippen LogP contribution in [0.5, 0.6) is 11.5 Å². The first-order valence-corrected chi connectivity index (χ1v) is 14.5. The van der Waals surface area contributed by atoms with E-state index in [0.29, 0.717) is 71.7 Å². The number of ether oxygens (including phenoxy) is 3. The fourth-order valence-electron chi connectivity index (χ4n) is 5.36. The molecule has 0 spiro atoms. The van der Waals surface area contributed by atoms with Crippen molar-refractivity contribution in [2.45, 2.75) is 24.9 Å². The van der Waals surface area contributed by atoms with Gasteiger partial charge in [0.05, 0.1) is 48.6 Å². The second-order valence-electron chi connectivity index (χ2n) is 10.3. The van der Waals surface area contributed by atoms with Crippen molar-refractivity contribution in [1.29, 1.82) is 0 Å². The maximum atomic E-state index is 12.4. The molecule has 2 amide bonds. The van der Waals surface area contributed by atoms with Crippen molar-refractivity contribution in [3.05, 3.63) is 41.0 Å². The number of carbonyl (C=O) groups excluding carboxylic acids is 2. The van der Waals surface area contributed by atoms with E-state index < -0.39 is 0 Å². The Morgan fingerprint density at radius 2 is 1.88 bits per heavy atom. The fraction of sp³-hybridized carbons (Fsp3) is 0.414. The zero-order valence-electron chi connectivity index (χ0n) is 24.1. The van der Waals surface area contributed by atoms with E-state index in [2.05, 4.69) is 27.5 Å². The lowest BCUT2D eigenvalue weighted by Gasteiger charge is -2.20. The van der Waals surface area contributed by atoms with E-state index in [1.165, 1.54) is 20.3 Å². The van der Waals surface area contributed by atoms with Crippen LogP contribution in [0.2, 0.25) is 10.0 Å². The summed E-state index contributed by atoms with van der Waals surface area (Å²) >= 11 is 13.5. The molecule has 0 aliphatic carbocycles. The third-order valence-electron chi connectivity index (χ3n) is 7.61. The highest BCUT2D eigenvalue weighted by molar-refractivity contribution is 6.41. The minimum Gasteiger partial charge on any atom is -0.495 e. The zero-order valence-corrected chi connectivity index (χ0v) is 25.6. The van der Waals surface area contributed by atoms with Gasteiger partial charge >= 0.3 is 6.03 Å². The number of hydrogen-bond acceptors (Lipinski definition) is 10. The number of allylic oxidation sites excluding steroid dienone is 1. The Hall–Kier alpha value is -3.87. The van der Waals surface area contributed by atoms with Crippen molar-refractivity contribution in [3.63, 3.8) is 0 Å². The number of nitrogens with one attached hydrogen (secondary N) is 3. The predicted molar refractivity (Wildman–Crippen MR) is 165 cm³/mol. The normalized spacial score (nSPS) is 19.7. The van der Waals surface area contributed by atoms with Gasteiger partial charge in [-0.05, 0) is 18.6 Å². The summed E-state index contributed by atoms with van der Waals surface area (Å²) in [6.07, 6.45) is 4.03. The van der Waals surface area contributed by atoms with Crippen LogP contribution in [0, 0.1) is 5.92 Å². The van der Waals surface area contributed by atoms with Gasteiger partial charge < -0.3 is 35.1 Å². The number of likely N-dealkylation sites (tertiary alicyclic amines) is 1. The molecule has 5 rings (SSSR count). The lowest BCUT2D eigenvalue weighted by molar-refractivity contribution is -0.115. The molecule has 1 unspecified atom stereocenters. The lowest BCUT2D eigenvalue weighted by Crippen LogP contribution is -2.37. The minimum absolute atomic E-state index is 0.0216. The average Bonchev–Trinajstić information content (AvgIpc) is 3.67. The van der Waals surface area contributed by atoms with Gasteiger partial charge in [-0.3, -0.25) is 4.79 Å². The second kappa shape index (κ2) is 13.2. The number of anilines is 2. The SMILES string of the molecule is C=CC(=O)C[C@H]1CN(C(=O)NC)C[C@H]1Nc1ncc2cc(-c3c(Cl)c(OC)cc(OC)c3Cl)nc(NC3CCOC3)c2n1. The number of carbonyl (C=O) groups is 2. The molecule has 14 heteroatoms. The van der Waals surface area contributed by atoms with Gasteiger partial charge in [-0.2, -0.15) is 0 Å². The summed E-state index contributed by atoms with van der Waals surface area (Å²) in [7, 11) is 4.60. The molecule has 0 saturated carbocycles. The van der Waals surface area contributed by atoms with E-state index in [1.807, 2.05) is 0 Å². The van der Waals surface area contributed by atoms with E-state index in [0.717, 1.165) is 6.42 Å². The Balaban J connectivity index is 1.55. The fourth-order valence-corrected chi connectivity index (χ4v) is 6.06. The maximum Gasteiger partial charge on any atom is 0.317 e. The van der Waals surface area contributed by atoms with Crippen LogP contribution >= 0.6 is 23.2 Å². The Morgan fingerprint density at radius 3 is 2.51 bits per heavy atom. The Kier molecular flexibility index (Phi) is 9.38. The lowest BCUT2D eigenvalue weighted by atomic mass is 9.97. The molecule has 4 heterocycles. The first kappa shape index (κ1) is 30.6. The molecule has 2 aromatic heterocycles. The molecule has 43 heavy (non-hydrogen) atoms. The first-order chi connectivity index (χ1) is 20.8. The van der Waals surface area contributed by atoms with Crippen molar-refractivity contribution in [1.82, 2.24) is 25.2 Å². The summed E-state index contributed by atoms with van der Waals surface area (Å²) in [5.41, 5.74) is 1.49. The molecule has 1 aromatic carbocycles. The predicted octanol–water partition coefficient (Wildman–Crippen LogP) is 4.41. The van der Waals surface area contributed by atoms with E-state index >= 15 is 0 Å². The molecular weight excluding hydrogens is 597 g/mol. The van der Waals surface area contributed by atoms with Crippen molar-refractivity contribution in [3.8, 4) is 22.8 Å². The number of methoxy groups -OCH3 is 2. The number of halogens is 2. The molecule has 3 N–H and O–H groups in total. The van der Waals surface area contributed by atoms with Crippen molar-refractivity contribution < 1.29 is 23.8 Å². The van der Waals surface area contributed by atoms with Gasteiger partial charge in [-0.1, -0.05) is 29.8 Å². The number of rotatable bonds is 10. The maximum absolute atomic E-state index is 12.4. The largest absolute Gasteiger partial charge is 0.495 e.